The molecule has 0 atom stereocenters. The summed E-state index contributed by atoms with van der Waals surface area (Å²) in [5.41, 5.74) is 7.76. The smallest absolute Gasteiger partial charge is 0.387 e. The number of ether oxygens (including phenoxy) is 1. The third-order valence-electron chi connectivity index (χ3n) is 4.96. The molecule has 0 fully saturated rings. The minimum Gasteiger partial charge on any atom is -0.433 e. The topological polar surface area (TPSA) is 123 Å². The van der Waals surface area contributed by atoms with Gasteiger partial charge in [-0.1, -0.05) is 17.7 Å². The Hall–Kier alpha value is -3.81. The van der Waals surface area contributed by atoms with Crippen molar-refractivity contribution in [2.45, 2.75) is 13.2 Å². The maximum Gasteiger partial charge on any atom is 0.387 e. The van der Waals surface area contributed by atoms with E-state index in [1.807, 2.05) is 6.07 Å². The van der Waals surface area contributed by atoms with Crippen LogP contribution in [0.3, 0.4) is 0 Å². The molecule has 3 N–H and O–H groups in total. The molecule has 0 spiro atoms. The fourth-order valence-electron chi connectivity index (χ4n) is 3.58. The number of fused-ring (bicyclic) bond motifs is 1. The third kappa shape index (κ3) is 3.68. The summed E-state index contributed by atoms with van der Waals surface area (Å²) in [6.45, 7) is -3.02. The monoisotopic (exact) mass is 456 g/mol. The molecule has 0 saturated carbocycles. The van der Waals surface area contributed by atoms with Crippen molar-refractivity contribution in [2.75, 3.05) is 0 Å². The first kappa shape index (κ1) is 21.4. The Bertz CT molecular complexity index is 1440. The number of hydrogen-bond acceptors (Lipinski definition) is 6. The van der Waals surface area contributed by atoms with Crippen LogP contribution < -0.4 is 16.0 Å². The van der Waals surface area contributed by atoms with Crippen LogP contribution in [-0.4, -0.2) is 26.6 Å². The number of benzene rings is 2. The number of rotatable bonds is 5. The SMILES string of the molecule is Cn1ncc(-c2ccc3c(=O)[nH]nc(CN)c3c2)c1-c1cc(Cl)cc(OC(F)F)c1C#N. The van der Waals surface area contributed by atoms with E-state index in [9.17, 15) is 18.8 Å². The van der Waals surface area contributed by atoms with Crippen molar-refractivity contribution in [3.8, 4) is 34.2 Å². The van der Waals surface area contributed by atoms with E-state index in [2.05, 4.69) is 20.0 Å². The van der Waals surface area contributed by atoms with E-state index in [1.54, 1.807) is 31.4 Å². The number of aromatic amines is 1. The fraction of sp³-hybridized carbons (Fsp3) is 0.143. The molecule has 0 bridgehead atoms. The average molecular weight is 457 g/mol. The Labute approximate surface area is 184 Å². The first-order chi connectivity index (χ1) is 15.3. The highest BCUT2D eigenvalue weighted by molar-refractivity contribution is 6.31. The molecular formula is C21H15ClF2N6O2. The van der Waals surface area contributed by atoms with E-state index in [-0.39, 0.29) is 34.0 Å². The largest absolute Gasteiger partial charge is 0.433 e. The zero-order chi connectivity index (χ0) is 23.0. The summed E-state index contributed by atoms with van der Waals surface area (Å²) in [7, 11) is 1.65. The van der Waals surface area contributed by atoms with Gasteiger partial charge in [0.05, 0.1) is 23.0 Å². The number of H-pyrrole nitrogens is 1. The number of nitrogens with one attached hydrogen (secondary N) is 1. The zero-order valence-electron chi connectivity index (χ0n) is 16.6. The van der Waals surface area contributed by atoms with Crippen LogP contribution in [0.15, 0.2) is 41.3 Å². The van der Waals surface area contributed by atoms with E-state index in [0.717, 1.165) is 6.07 Å². The van der Waals surface area contributed by atoms with Crippen molar-refractivity contribution < 1.29 is 13.5 Å². The number of halogens is 3. The maximum atomic E-state index is 12.9. The molecule has 4 rings (SSSR count). The average Bonchev–Trinajstić information content (AvgIpc) is 3.14. The Morgan fingerprint density at radius 2 is 2.06 bits per heavy atom. The van der Waals surface area contributed by atoms with E-state index in [4.69, 9.17) is 17.3 Å². The van der Waals surface area contributed by atoms with Gasteiger partial charge in [-0.05, 0) is 23.8 Å². The molecule has 162 valence electrons. The van der Waals surface area contributed by atoms with E-state index < -0.39 is 6.61 Å². The Balaban J connectivity index is 1.98. The van der Waals surface area contributed by atoms with Crippen molar-refractivity contribution in [1.82, 2.24) is 20.0 Å². The van der Waals surface area contributed by atoms with Gasteiger partial charge in [0.2, 0.25) is 0 Å². The molecule has 2 aromatic carbocycles. The Morgan fingerprint density at radius 1 is 1.28 bits per heavy atom. The van der Waals surface area contributed by atoms with Gasteiger partial charge in [0.25, 0.3) is 5.56 Å². The highest BCUT2D eigenvalue weighted by atomic mass is 35.5. The lowest BCUT2D eigenvalue weighted by atomic mass is 9.96. The van der Waals surface area contributed by atoms with Gasteiger partial charge in [0.15, 0.2) is 0 Å². The van der Waals surface area contributed by atoms with Crippen LogP contribution in [0.25, 0.3) is 33.2 Å². The second kappa shape index (κ2) is 8.37. The van der Waals surface area contributed by atoms with Crippen LogP contribution >= 0.6 is 11.6 Å². The summed E-state index contributed by atoms with van der Waals surface area (Å²) in [5.74, 6) is -0.336. The highest BCUT2D eigenvalue weighted by Gasteiger charge is 2.22. The number of nitrogens with zero attached hydrogens (tertiary/aromatic N) is 4. The van der Waals surface area contributed by atoms with Gasteiger partial charge in [-0.25, -0.2) is 5.10 Å². The Morgan fingerprint density at radius 3 is 2.75 bits per heavy atom. The number of hydrogen-bond donors (Lipinski definition) is 2. The zero-order valence-corrected chi connectivity index (χ0v) is 17.3. The van der Waals surface area contributed by atoms with Crippen LogP contribution in [0.5, 0.6) is 5.75 Å². The fourth-order valence-corrected chi connectivity index (χ4v) is 3.79. The van der Waals surface area contributed by atoms with Gasteiger partial charge in [-0.15, -0.1) is 0 Å². The Kier molecular flexibility index (Phi) is 5.61. The molecule has 32 heavy (non-hydrogen) atoms. The van der Waals surface area contributed by atoms with Crippen molar-refractivity contribution in [3.05, 3.63) is 63.2 Å². The highest BCUT2D eigenvalue weighted by Crippen LogP contribution is 2.39. The van der Waals surface area contributed by atoms with Crippen LogP contribution in [-0.2, 0) is 13.6 Å². The lowest BCUT2D eigenvalue weighted by Crippen LogP contribution is -2.13. The summed E-state index contributed by atoms with van der Waals surface area (Å²) in [6, 6.07) is 9.65. The molecule has 11 heteroatoms. The van der Waals surface area contributed by atoms with Gasteiger partial charge in [-0.3, -0.25) is 9.48 Å². The second-order valence-corrected chi connectivity index (χ2v) is 7.25. The third-order valence-corrected chi connectivity index (χ3v) is 5.18. The van der Waals surface area contributed by atoms with Crippen LogP contribution in [0.2, 0.25) is 5.02 Å². The first-order valence-electron chi connectivity index (χ1n) is 9.26. The molecule has 2 aromatic heterocycles. The van der Waals surface area contributed by atoms with Gasteiger partial charge >= 0.3 is 6.61 Å². The van der Waals surface area contributed by atoms with Gasteiger partial charge in [0, 0.05) is 41.2 Å². The van der Waals surface area contributed by atoms with Gasteiger partial charge in [0.1, 0.15) is 17.4 Å². The maximum absolute atomic E-state index is 12.9. The number of nitrogens with two attached hydrogens (primary N) is 1. The molecule has 0 aliphatic heterocycles. The summed E-state index contributed by atoms with van der Waals surface area (Å²) in [6.07, 6.45) is 1.56. The lowest BCUT2D eigenvalue weighted by molar-refractivity contribution is -0.0499. The number of aromatic nitrogens is 4. The standard InChI is InChI=1S/C21H15ClF2N6O2/c1-30-19(14-5-11(22)6-18(15(14)7-25)32-21(23)24)16(9-27-30)10-2-3-12-13(4-10)17(8-26)28-29-20(12)31/h2-6,9,21H,8,26H2,1H3,(H,29,31). The molecule has 4 aromatic rings. The molecule has 0 aliphatic rings. The molecule has 0 radical (unpaired) electrons. The van der Waals surface area contributed by atoms with Crippen molar-refractivity contribution in [2.24, 2.45) is 12.8 Å². The van der Waals surface area contributed by atoms with Crippen molar-refractivity contribution in [1.29, 1.82) is 5.26 Å². The van der Waals surface area contributed by atoms with Crippen LogP contribution in [0.4, 0.5) is 8.78 Å². The summed E-state index contributed by atoms with van der Waals surface area (Å²) in [4.78, 5) is 12.1. The summed E-state index contributed by atoms with van der Waals surface area (Å²) < 4.78 is 31.8. The minimum atomic E-state index is -3.12. The quantitative estimate of drug-likeness (QED) is 0.473. The number of alkyl halides is 2. The normalized spacial score (nSPS) is 11.2. The first-order valence-corrected chi connectivity index (χ1v) is 9.64. The summed E-state index contributed by atoms with van der Waals surface area (Å²) in [5, 5.41) is 21.5. The molecule has 0 unspecified atom stereocenters. The molecule has 0 saturated heterocycles. The lowest BCUT2D eigenvalue weighted by Gasteiger charge is -2.14. The van der Waals surface area contributed by atoms with Gasteiger partial charge < -0.3 is 10.5 Å². The molecular weight excluding hydrogens is 442 g/mol. The molecule has 8 nitrogen and oxygen atoms in total. The second-order valence-electron chi connectivity index (χ2n) is 6.81. The summed E-state index contributed by atoms with van der Waals surface area (Å²) >= 11 is 6.14. The number of aryl methyl sites for hydroxylation is 1. The molecule has 0 amide bonds. The van der Waals surface area contributed by atoms with E-state index >= 15 is 0 Å². The predicted octanol–water partition coefficient (Wildman–Crippen LogP) is 3.58. The minimum absolute atomic E-state index is 0.109. The van der Waals surface area contributed by atoms with Gasteiger partial charge in [-0.2, -0.15) is 24.2 Å². The van der Waals surface area contributed by atoms with Crippen LogP contribution in [0.1, 0.15) is 11.3 Å². The predicted molar refractivity (Wildman–Crippen MR) is 114 cm³/mol. The van der Waals surface area contributed by atoms with Crippen molar-refractivity contribution in [3.63, 3.8) is 0 Å². The molecule has 0 aliphatic carbocycles. The molecule has 2 heterocycles. The number of nitriles is 1. The van der Waals surface area contributed by atoms with E-state index in [0.29, 0.717) is 33.3 Å². The van der Waals surface area contributed by atoms with Crippen LogP contribution in [0, 0.1) is 11.3 Å². The van der Waals surface area contributed by atoms with E-state index in [1.165, 1.54) is 10.7 Å². The van der Waals surface area contributed by atoms with Crippen molar-refractivity contribution >= 4 is 22.4 Å².